The van der Waals surface area contributed by atoms with E-state index in [1.807, 2.05) is 6.92 Å². The molecule has 0 aliphatic rings. The van der Waals surface area contributed by atoms with Gasteiger partial charge in [-0.05, 0) is 18.1 Å². The van der Waals surface area contributed by atoms with Gasteiger partial charge in [0.15, 0.2) is 0 Å². The van der Waals surface area contributed by atoms with Crippen LogP contribution in [-0.2, 0) is 21.3 Å². The van der Waals surface area contributed by atoms with E-state index in [1.165, 1.54) is 13.0 Å². The third kappa shape index (κ3) is 2.95. The lowest BCUT2D eigenvalue weighted by Gasteiger charge is -2.15. The number of nitrogens with two attached hydrogens (primary N) is 1. The highest BCUT2D eigenvalue weighted by atomic mass is 32.2. The van der Waals surface area contributed by atoms with Crippen LogP contribution in [0.5, 0.6) is 0 Å². The highest BCUT2D eigenvalue weighted by molar-refractivity contribution is 7.87. The summed E-state index contributed by atoms with van der Waals surface area (Å²) in [6.07, 6.45) is 0.527. The van der Waals surface area contributed by atoms with Crippen molar-refractivity contribution in [3.63, 3.8) is 0 Å². The molecule has 0 fully saturated rings. The van der Waals surface area contributed by atoms with Crippen LogP contribution in [0, 0.1) is 0 Å². The molecule has 1 rings (SSSR count). The second kappa shape index (κ2) is 5.17. The SMILES string of the molecule is CCc1cc(N)c(S(=O)(=O)O)c(S)c1NC(C)=O. The molecule has 1 amide bonds. The smallest absolute Gasteiger partial charge is 0.297 e. The minimum atomic E-state index is -4.50. The number of hydrogen-bond acceptors (Lipinski definition) is 5. The molecular formula is C10H14N2O4S2. The molecule has 1 aromatic carbocycles. The zero-order valence-corrected chi connectivity index (χ0v) is 11.6. The van der Waals surface area contributed by atoms with Crippen LogP contribution in [0.25, 0.3) is 0 Å². The number of thiol groups is 1. The molecule has 0 saturated carbocycles. The van der Waals surface area contributed by atoms with Crippen molar-refractivity contribution in [3.05, 3.63) is 11.6 Å². The Morgan fingerprint density at radius 2 is 2.11 bits per heavy atom. The van der Waals surface area contributed by atoms with Crippen LogP contribution in [0.15, 0.2) is 15.9 Å². The van der Waals surface area contributed by atoms with Crippen molar-refractivity contribution in [2.24, 2.45) is 0 Å². The minimum absolute atomic E-state index is 0.0652. The first-order valence-corrected chi connectivity index (χ1v) is 6.96. The van der Waals surface area contributed by atoms with Crippen LogP contribution in [0.1, 0.15) is 19.4 Å². The number of carbonyl (C=O) groups excluding carboxylic acids is 1. The third-order valence-electron chi connectivity index (χ3n) is 2.30. The first kappa shape index (κ1) is 14.8. The number of nitrogens with one attached hydrogen (secondary N) is 1. The molecule has 4 N–H and O–H groups in total. The number of benzene rings is 1. The highest BCUT2D eigenvalue weighted by Gasteiger charge is 2.23. The van der Waals surface area contributed by atoms with E-state index in [4.69, 9.17) is 10.3 Å². The van der Waals surface area contributed by atoms with Crippen molar-refractivity contribution < 1.29 is 17.8 Å². The maximum absolute atomic E-state index is 11.2. The second-order valence-electron chi connectivity index (χ2n) is 3.69. The molecule has 0 heterocycles. The molecular weight excluding hydrogens is 276 g/mol. The van der Waals surface area contributed by atoms with Crippen molar-refractivity contribution in [1.82, 2.24) is 0 Å². The summed E-state index contributed by atoms with van der Waals surface area (Å²) in [7, 11) is -4.50. The van der Waals surface area contributed by atoms with Crippen LogP contribution in [0.2, 0.25) is 0 Å². The number of aryl methyl sites for hydroxylation is 1. The van der Waals surface area contributed by atoms with Crippen LogP contribution < -0.4 is 11.1 Å². The Bertz CT molecular complexity index is 596. The quantitative estimate of drug-likeness (QED) is 0.381. The maximum Gasteiger partial charge on any atom is 0.297 e. The third-order valence-corrected chi connectivity index (χ3v) is 3.86. The molecule has 100 valence electrons. The summed E-state index contributed by atoms with van der Waals surface area (Å²) in [4.78, 5) is 10.5. The Morgan fingerprint density at radius 3 is 2.50 bits per heavy atom. The lowest BCUT2D eigenvalue weighted by Crippen LogP contribution is -2.13. The molecule has 18 heavy (non-hydrogen) atoms. The van der Waals surface area contributed by atoms with Crippen molar-refractivity contribution in [3.8, 4) is 0 Å². The average Bonchev–Trinajstić information content (AvgIpc) is 2.19. The first-order valence-electron chi connectivity index (χ1n) is 5.07. The molecule has 0 bridgehead atoms. The fourth-order valence-electron chi connectivity index (χ4n) is 1.59. The van der Waals surface area contributed by atoms with Crippen LogP contribution >= 0.6 is 12.6 Å². The van der Waals surface area contributed by atoms with Gasteiger partial charge >= 0.3 is 0 Å². The van der Waals surface area contributed by atoms with Gasteiger partial charge in [-0.2, -0.15) is 8.42 Å². The molecule has 0 aliphatic heterocycles. The van der Waals surface area contributed by atoms with Gasteiger partial charge < -0.3 is 11.1 Å². The van der Waals surface area contributed by atoms with Gasteiger partial charge in [0.2, 0.25) is 5.91 Å². The summed E-state index contributed by atoms with van der Waals surface area (Å²) < 4.78 is 31.6. The van der Waals surface area contributed by atoms with Gasteiger partial charge in [0.05, 0.1) is 16.3 Å². The van der Waals surface area contributed by atoms with Crippen LogP contribution in [0.3, 0.4) is 0 Å². The monoisotopic (exact) mass is 290 g/mol. The predicted molar refractivity (Wildman–Crippen MR) is 71.6 cm³/mol. The fourth-order valence-corrected chi connectivity index (χ4v) is 2.97. The Morgan fingerprint density at radius 1 is 1.56 bits per heavy atom. The molecule has 0 saturated heterocycles. The largest absolute Gasteiger partial charge is 0.398 e. The molecule has 8 heteroatoms. The summed E-state index contributed by atoms with van der Waals surface area (Å²) in [6, 6.07) is 1.40. The van der Waals surface area contributed by atoms with Gasteiger partial charge in [0.1, 0.15) is 4.90 Å². The number of amides is 1. The van der Waals surface area contributed by atoms with Crippen molar-refractivity contribution in [1.29, 1.82) is 0 Å². The van der Waals surface area contributed by atoms with E-state index in [9.17, 15) is 13.2 Å². The number of nitrogen functional groups attached to an aromatic ring is 1. The van der Waals surface area contributed by atoms with Gasteiger partial charge in [-0.25, -0.2) is 0 Å². The van der Waals surface area contributed by atoms with Gasteiger partial charge in [0.25, 0.3) is 10.1 Å². The lowest BCUT2D eigenvalue weighted by atomic mass is 10.1. The molecule has 0 unspecified atom stereocenters. The summed E-state index contributed by atoms with van der Waals surface area (Å²) in [6.45, 7) is 3.11. The fraction of sp³-hybridized carbons (Fsp3) is 0.300. The summed E-state index contributed by atoms with van der Waals surface area (Å²) in [5.41, 5.74) is 6.36. The Balaban J connectivity index is 3.64. The minimum Gasteiger partial charge on any atom is -0.398 e. The average molecular weight is 290 g/mol. The van der Waals surface area contributed by atoms with E-state index in [-0.39, 0.29) is 22.2 Å². The standard InChI is InChI=1S/C10H14N2O4S2/c1-3-6-4-7(11)10(18(14,15)16)9(17)8(6)12-5(2)13/h4,17H,3,11H2,1-2H3,(H,12,13)(H,14,15,16). The van der Waals surface area contributed by atoms with Crippen LogP contribution in [0.4, 0.5) is 11.4 Å². The maximum atomic E-state index is 11.2. The van der Waals surface area contributed by atoms with E-state index >= 15 is 0 Å². The first-order chi connectivity index (χ1) is 8.18. The van der Waals surface area contributed by atoms with Gasteiger partial charge in [-0.15, -0.1) is 12.6 Å². The van der Waals surface area contributed by atoms with Gasteiger partial charge in [-0.1, -0.05) is 6.92 Å². The van der Waals surface area contributed by atoms with Gasteiger partial charge in [0, 0.05) is 6.92 Å². The number of hydrogen-bond donors (Lipinski definition) is 4. The summed E-state index contributed by atoms with van der Waals surface area (Å²) >= 11 is 4.04. The molecule has 0 aromatic heterocycles. The summed E-state index contributed by atoms with van der Waals surface area (Å²) in [5.74, 6) is -0.369. The van der Waals surface area contributed by atoms with Crippen LogP contribution in [-0.4, -0.2) is 18.9 Å². The zero-order valence-electron chi connectivity index (χ0n) is 9.89. The van der Waals surface area contributed by atoms with E-state index < -0.39 is 15.0 Å². The molecule has 0 spiro atoms. The van der Waals surface area contributed by atoms with Gasteiger partial charge in [-0.3, -0.25) is 9.35 Å². The Kier molecular flexibility index (Phi) is 4.25. The van der Waals surface area contributed by atoms with E-state index in [0.717, 1.165) is 0 Å². The normalized spacial score (nSPS) is 11.3. The molecule has 1 aromatic rings. The number of carbonyl (C=O) groups is 1. The lowest BCUT2D eigenvalue weighted by molar-refractivity contribution is -0.114. The number of anilines is 2. The zero-order chi connectivity index (χ0) is 14.1. The summed E-state index contributed by atoms with van der Waals surface area (Å²) in [5, 5.41) is 2.49. The van der Waals surface area contributed by atoms with E-state index in [2.05, 4.69) is 17.9 Å². The molecule has 0 atom stereocenters. The van der Waals surface area contributed by atoms with Crippen molar-refractivity contribution >= 4 is 40.0 Å². The topological polar surface area (TPSA) is 109 Å². The number of rotatable bonds is 3. The van der Waals surface area contributed by atoms with Crippen molar-refractivity contribution in [2.45, 2.75) is 30.1 Å². The Labute approximate surface area is 111 Å². The predicted octanol–water partition coefficient (Wildman–Crippen LogP) is 1.33. The van der Waals surface area contributed by atoms with E-state index in [0.29, 0.717) is 12.0 Å². The second-order valence-corrected chi connectivity index (χ2v) is 5.49. The highest BCUT2D eigenvalue weighted by Crippen LogP contribution is 2.36. The molecule has 6 nitrogen and oxygen atoms in total. The van der Waals surface area contributed by atoms with E-state index in [1.54, 1.807) is 0 Å². The van der Waals surface area contributed by atoms with Crippen molar-refractivity contribution in [2.75, 3.05) is 11.1 Å². The Hall–Kier alpha value is -1.25. The molecule has 0 radical (unpaired) electrons. The molecule has 0 aliphatic carbocycles.